The van der Waals surface area contributed by atoms with Crippen LogP contribution in [0.1, 0.15) is 0 Å². The zero-order valence-corrected chi connectivity index (χ0v) is 11.7. The molecular weight excluding hydrogens is 297 g/mol. The minimum absolute atomic E-state index is 0.365. The van der Waals surface area contributed by atoms with Gasteiger partial charge in [0.25, 0.3) is 0 Å². The predicted octanol–water partition coefficient (Wildman–Crippen LogP) is 3.22. The van der Waals surface area contributed by atoms with Gasteiger partial charge in [0.2, 0.25) is 0 Å². The summed E-state index contributed by atoms with van der Waals surface area (Å²) in [5.41, 5.74) is 7.71. The normalized spacial score (nSPS) is 10.7. The average Bonchev–Trinajstić information content (AvgIpc) is 2.93. The van der Waals surface area contributed by atoms with E-state index in [4.69, 9.17) is 28.9 Å². The van der Waals surface area contributed by atoms with Crippen LogP contribution in [0.5, 0.6) is 0 Å². The molecule has 3 aromatic rings. The number of aromatic nitrogens is 4. The molecular formula is C13H9Cl2N5. The molecule has 0 unspecified atom stereocenters. The van der Waals surface area contributed by atoms with Gasteiger partial charge in [-0.15, -0.1) is 5.10 Å². The van der Waals surface area contributed by atoms with Gasteiger partial charge in [-0.1, -0.05) is 41.4 Å². The Labute approximate surface area is 124 Å². The van der Waals surface area contributed by atoms with Crippen molar-refractivity contribution in [2.75, 3.05) is 5.73 Å². The maximum Gasteiger partial charge on any atom is 0.188 e. The molecule has 1 heterocycles. The van der Waals surface area contributed by atoms with E-state index in [-0.39, 0.29) is 0 Å². The molecule has 0 saturated heterocycles. The topological polar surface area (TPSA) is 69.6 Å². The van der Waals surface area contributed by atoms with Crippen LogP contribution in [0.15, 0.2) is 42.5 Å². The van der Waals surface area contributed by atoms with Gasteiger partial charge in [-0.2, -0.15) is 4.68 Å². The predicted molar refractivity (Wildman–Crippen MR) is 79.0 cm³/mol. The van der Waals surface area contributed by atoms with Crippen LogP contribution in [-0.2, 0) is 0 Å². The van der Waals surface area contributed by atoms with Crippen molar-refractivity contribution >= 4 is 28.9 Å². The quantitative estimate of drug-likeness (QED) is 0.738. The highest BCUT2D eigenvalue weighted by atomic mass is 35.5. The SMILES string of the molecule is Nc1cc(Cl)c(Cl)c(-c2nnnn2-c2ccccc2)c1. The molecule has 0 aliphatic carbocycles. The number of hydrogen-bond donors (Lipinski definition) is 1. The largest absolute Gasteiger partial charge is 0.399 e. The molecule has 0 radical (unpaired) electrons. The average molecular weight is 306 g/mol. The van der Waals surface area contributed by atoms with Crippen molar-refractivity contribution in [3.8, 4) is 17.1 Å². The summed E-state index contributed by atoms with van der Waals surface area (Å²) in [5, 5.41) is 12.4. The lowest BCUT2D eigenvalue weighted by Gasteiger charge is -2.08. The van der Waals surface area contributed by atoms with Gasteiger partial charge < -0.3 is 5.73 Å². The number of anilines is 1. The summed E-state index contributed by atoms with van der Waals surface area (Å²) in [5.74, 6) is 0.482. The standard InChI is InChI=1S/C13H9Cl2N5/c14-11-7-8(16)6-10(12(11)15)13-17-18-19-20(13)9-4-2-1-3-5-9/h1-7H,16H2. The molecule has 20 heavy (non-hydrogen) atoms. The molecule has 0 fully saturated rings. The van der Waals surface area contributed by atoms with Crippen LogP contribution in [0, 0.1) is 0 Å². The van der Waals surface area contributed by atoms with Gasteiger partial charge in [0, 0.05) is 11.3 Å². The molecule has 0 bridgehead atoms. The Hall–Kier alpha value is -2.11. The summed E-state index contributed by atoms with van der Waals surface area (Å²) in [4.78, 5) is 0. The van der Waals surface area contributed by atoms with Crippen LogP contribution in [-0.4, -0.2) is 20.2 Å². The van der Waals surface area contributed by atoms with Crippen LogP contribution in [0.4, 0.5) is 5.69 Å². The van der Waals surface area contributed by atoms with Gasteiger partial charge in [-0.25, -0.2) is 0 Å². The van der Waals surface area contributed by atoms with E-state index >= 15 is 0 Å². The summed E-state index contributed by atoms with van der Waals surface area (Å²) >= 11 is 12.3. The van der Waals surface area contributed by atoms with Crippen LogP contribution in [0.25, 0.3) is 17.1 Å². The Morgan fingerprint density at radius 2 is 1.80 bits per heavy atom. The number of para-hydroxylation sites is 1. The van der Waals surface area contributed by atoms with E-state index in [0.29, 0.717) is 27.1 Å². The summed E-state index contributed by atoms with van der Waals surface area (Å²) in [6.07, 6.45) is 0. The fourth-order valence-corrected chi connectivity index (χ4v) is 2.29. The molecule has 7 heteroatoms. The molecule has 2 N–H and O–H groups in total. The first-order valence-corrected chi connectivity index (χ1v) is 6.51. The van der Waals surface area contributed by atoms with Crippen molar-refractivity contribution < 1.29 is 0 Å². The zero-order valence-electron chi connectivity index (χ0n) is 10.2. The van der Waals surface area contributed by atoms with Gasteiger partial charge in [0.05, 0.1) is 15.7 Å². The van der Waals surface area contributed by atoms with Crippen LogP contribution < -0.4 is 5.73 Å². The number of halogens is 2. The maximum atomic E-state index is 6.22. The lowest BCUT2D eigenvalue weighted by atomic mass is 10.2. The smallest absolute Gasteiger partial charge is 0.188 e. The summed E-state index contributed by atoms with van der Waals surface area (Å²) in [6.45, 7) is 0. The van der Waals surface area contributed by atoms with Gasteiger partial charge in [0.15, 0.2) is 5.82 Å². The Balaban J connectivity index is 2.21. The molecule has 3 rings (SSSR count). The minimum atomic E-state index is 0.365. The molecule has 5 nitrogen and oxygen atoms in total. The Morgan fingerprint density at radius 1 is 1.05 bits per heavy atom. The molecule has 0 atom stereocenters. The summed E-state index contributed by atoms with van der Waals surface area (Å²) in [7, 11) is 0. The third-order valence-corrected chi connectivity index (χ3v) is 3.56. The lowest BCUT2D eigenvalue weighted by molar-refractivity contribution is 0.791. The van der Waals surface area contributed by atoms with Gasteiger partial charge in [-0.05, 0) is 34.7 Å². The monoisotopic (exact) mass is 305 g/mol. The van der Waals surface area contributed by atoms with E-state index in [1.807, 2.05) is 30.3 Å². The van der Waals surface area contributed by atoms with Crippen molar-refractivity contribution in [3.63, 3.8) is 0 Å². The van der Waals surface area contributed by atoms with E-state index < -0.39 is 0 Å². The number of benzene rings is 2. The second-order valence-corrected chi connectivity index (χ2v) is 4.90. The van der Waals surface area contributed by atoms with Crippen LogP contribution >= 0.6 is 23.2 Å². The summed E-state index contributed by atoms with van der Waals surface area (Å²) < 4.78 is 1.58. The molecule has 100 valence electrons. The number of rotatable bonds is 2. The number of nitrogens with two attached hydrogens (primary N) is 1. The summed E-state index contributed by atoms with van der Waals surface area (Å²) in [6, 6.07) is 12.8. The molecule has 0 aliphatic heterocycles. The number of hydrogen-bond acceptors (Lipinski definition) is 4. The highest BCUT2D eigenvalue weighted by Gasteiger charge is 2.16. The van der Waals surface area contributed by atoms with Crippen LogP contribution in [0.3, 0.4) is 0 Å². The third-order valence-electron chi connectivity index (χ3n) is 2.76. The second kappa shape index (κ2) is 5.11. The lowest BCUT2D eigenvalue weighted by Crippen LogP contribution is -2.00. The second-order valence-electron chi connectivity index (χ2n) is 4.11. The zero-order chi connectivity index (χ0) is 14.1. The molecule has 0 saturated carbocycles. The van der Waals surface area contributed by atoms with E-state index in [2.05, 4.69) is 15.5 Å². The fraction of sp³-hybridized carbons (Fsp3) is 0. The Bertz CT molecular complexity index is 755. The van der Waals surface area contributed by atoms with Crippen molar-refractivity contribution in [3.05, 3.63) is 52.5 Å². The first-order chi connectivity index (χ1) is 9.66. The Kier molecular flexibility index (Phi) is 3.30. The number of tetrazole rings is 1. The van der Waals surface area contributed by atoms with Crippen molar-refractivity contribution in [2.45, 2.75) is 0 Å². The van der Waals surface area contributed by atoms with Gasteiger partial charge >= 0.3 is 0 Å². The molecule has 1 aromatic heterocycles. The first-order valence-electron chi connectivity index (χ1n) is 5.75. The van der Waals surface area contributed by atoms with Crippen LogP contribution in [0.2, 0.25) is 10.0 Å². The number of nitrogens with zero attached hydrogens (tertiary/aromatic N) is 4. The minimum Gasteiger partial charge on any atom is -0.399 e. The molecule has 0 aliphatic rings. The van der Waals surface area contributed by atoms with Crippen molar-refractivity contribution in [1.29, 1.82) is 0 Å². The highest BCUT2D eigenvalue weighted by Crippen LogP contribution is 2.35. The molecule has 2 aromatic carbocycles. The van der Waals surface area contributed by atoms with Crippen molar-refractivity contribution in [2.24, 2.45) is 0 Å². The van der Waals surface area contributed by atoms with E-state index in [9.17, 15) is 0 Å². The fourth-order valence-electron chi connectivity index (χ4n) is 1.87. The van der Waals surface area contributed by atoms with E-state index in [1.54, 1.807) is 16.8 Å². The van der Waals surface area contributed by atoms with Crippen molar-refractivity contribution in [1.82, 2.24) is 20.2 Å². The maximum absolute atomic E-state index is 6.22. The highest BCUT2D eigenvalue weighted by molar-refractivity contribution is 6.43. The molecule has 0 amide bonds. The van der Waals surface area contributed by atoms with E-state index in [1.165, 1.54) is 0 Å². The Morgan fingerprint density at radius 3 is 2.55 bits per heavy atom. The molecule has 0 spiro atoms. The van der Waals surface area contributed by atoms with E-state index in [0.717, 1.165) is 5.69 Å². The third kappa shape index (κ3) is 2.21. The van der Waals surface area contributed by atoms with Gasteiger partial charge in [-0.3, -0.25) is 0 Å². The first kappa shape index (κ1) is 12.9. The number of nitrogen functional groups attached to an aromatic ring is 1. The van der Waals surface area contributed by atoms with Gasteiger partial charge in [0.1, 0.15) is 0 Å².